The van der Waals surface area contributed by atoms with Gasteiger partial charge in [-0.15, -0.1) is 0 Å². The molecule has 0 bridgehead atoms. The van der Waals surface area contributed by atoms with Crippen LogP contribution in [-0.2, 0) is 4.79 Å². The van der Waals surface area contributed by atoms with Crippen LogP contribution in [0.2, 0.25) is 0 Å². The van der Waals surface area contributed by atoms with Gasteiger partial charge < -0.3 is 5.32 Å². The first-order valence-electron chi connectivity index (χ1n) is 8.85. The molecule has 1 aliphatic rings. The van der Waals surface area contributed by atoms with Crippen molar-refractivity contribution in [2.24, 2.45) is 0 Å². The van der Waals surface area contributed by atoms with Crippen LogP contribution in [0, 0.1) is 0 Å². The molecule has 27 heavy (non-hydrogen) atoms. The lowest BCUT2D eigenvalue weighted by molar-refractivity contribution is -0.125. The topological polar surface area (TPSA) is 66.5 Å². The second-order valence-corrected chi connectivity index (χ2v) is 7.45. The van der Waals surface area contributed by atoms with Crippen LogP contribution in [0.4, 0.5) is 0 Å². The zero-order valence-corrected chi connectivity index (χ0v) is 16.2. The largest absolute Gasteiger partial charge is 0.348 e. The molecule has 0 radical (unpaired) electrons. The first kappa shape index (κ1) is 19.2. The van der Waals surface area contributed by atoms with E-state index in [9.17, 15) is 14.4 Å². The van der Waals surface area contributed by atoms with Crippen LogP contribution >= 0.6 is 11.8 Å². The monoisotopic (exact) mass is 382 g/mol. The Hall–Kier alpha value is -2.60. The summed E-state index contributed by atoms with van der Waals surface area (Å²) in [6.07, 6.45) is 2.35. The normalized spacial score (nSPS) is 15.4. The van der Waals surface area contributed by atoms with Gasteiger partial charge in [0.1, 0.15) is 6.04 Å². The van der Waals surface area contributed by atoms with Crippen LogP contribution in [-0.4, -0.2) is 40.7 Å². The lowest BCUT2D eigenvalue weighted by Crippen LogP contribution is -2.50. The second-order valence-electron chi connectivity index (χ2n) is 6.46. The molecule has 1 aliphatic heterocycles. The molecule has 0 saturated heterocycles. The van der Waals surface area contributed by atoms with E-state index in [1.54, 1.807) is 36.0 Å². The number of thioether (sulfide) groups is 1. The van der Waals surface area contributed by atoms with Crippen LogP contribution in [0.1, 0.15) is 45.7 Å². The zero-order chi connectivity index (χ0) is 19.4. The highest BCUT2D eigenvalue weighted by Gasteiger charge is 2.42. The smallest absolute Gasteiger partial charge is 0.262 e. The number of hydrogen-bond donors (Lipinski definition) is 1. The van der Waals surface area contributed by atoms with Gasteiger partial charge in [-0.2, -0.15) is 11.8 Å². The summed E-state index contributed by atoms with van der Waals surface area (Å²) < 4.78 is 0. The van der Waals surface area contributed by atoms with Crippen molar-refractivity contribution in [3.63, 3.8) is 0 Å². The molecule has 1 N–H and O–H groups in total. The molecule has 0 aromatic heterocycles. The number of benzene rings is 2. The van der Waals surface area contributed by atoms with Gasteiger partial charge in [-0.25, -0.2) is 0 Å². The summed E-state index contributed by atoms with van der Waals surface area (Å²) in [5, 5.41) is 2.96. The number of imide groups is 1. The third kappa shape index (κ3) is 3.90. The molecular weight excluding hydrogens is 360 g/mol. The van der Waals surface area contributed by atoms with Gasteiger partial charge in [0.2, 0.25) is 5.91 Å². The zero-order valence-electron chi connectivity index (χ0n) is 15.3. The van der Waals surface area contributed by atoms with Crippen molar-refractivity contribution in [3.05, 3.63) is 71.3 Å². The molecule has 2 atom stereocenters. The summed E-state index contributed by atoms with van der Waals surface area (Å²) in [4.78, 5) is 39.7. The third-order valence-corrected chi connectivity index (χ3v) is 5.34. The predicted octanol–water partition coefficient (Wildman–Crippen LogP) is 3.28. The summed E-state index contributed by atoms with van der Waals surface area (Å²) >= 11 is 1.58. The van der Waals surface area contributed by atoms with Crippen LogP contribution in [0.3, 0.4) is 0 Å². The number of carbonyl (C=O) groups is 3. The van der Waals surface area contributed by atoms with Gasteiger partial charge in [-0.3, -0.25) is 19.3 Å². The highest BCUT2D eigenvalue weighted by Crippen LogP contribution is 2.26. The molecule has 0 fully saturated rings. The standard InChI is InChI=1S/C21H22N2O3S/c1-14(15-8-4-3-5-9-15)22-19(24)18(12-13-27-2)23-20(25)16-10-6-7-11-17(16)21(23)26/h3-11,14,18H,12-13H2,1-2H3,(H,22,24)/t14-,18+/m0/s1. The maximum atomic E-state index is 13.0. The van der Waals surface area contributed by atoms with Crippen LogP contribution in [0.15, 0.2) is 54.6 Å². The molecule has 1 heterocycles. The van der Waals surface area contributed by atoms with Crippen LogP contribution < -0.4 is 5.32 Å². The SMILES string of the molecule is CSCC[C@H](C(=O)N[C@@H](C)c1ccccc1)N1C(=O)c2ccccc2C1=O. The number of nitrogens with zero attached hydrogens (tertiary/aromatic N) is 1. The molecule has 0 spiro atoms. The number of carbonyl (C=O) groups excluding carboxylic acids is 3. The minimum absolute atomic E-state index is 0.217. The highest BCUT2D eigenvalue weighted by molar-refractivity contribution is 7.98. The minimum atomic E-state index is -0.823. The number of hydrogen-bond acceptors (Lipinski definition) is 4. The van der Waals surface area contributed by atoms with E-state index < -0.39 is 17.9 Å². The quantitative estimate of drug-likeness (QED) is 0.747. The fraction of sp³-hybridized carbons (Fsp3) is 0.286. The van der Waals surface area contributed by atoms with Crippen molar-refractivity contribution in [1.82, 2.24) is 10.2 Å². The van der Waals surface area contributed by atoms with Gasteiger partial charge in [0, 0.05) is 0 Å². The summed E-state index contributed by atoms with van der Waals surface area (Å²) in [6.45, 7) is 1.89. The van der Waals surface area contributed by atoms with Crippen LogP contribution in [0.5, 0.6) is 0 Å². The maximum absolute atomic E-state index is 13.0. The minimum Gasteiger partial charge on any atom is -0.348 e. The van der Waals surface area contributed by atoms with E-state index in [0.29, 0.717) is 23.3 Å². The predicted molar refractivity (Wildman–Crippen MR) is 107 cm³/mol. The first-order valence-corrected chi connectivity index (χ1v) is 10.2. The first-order chi connectivity index (χ1) is 13.0. The molecule has 0 saturated carbocycles. The van der Waals surface area contributed by atoms with Gasteiger partial charge in [0.05, 0.1) is 17.2 Å². The van der Waals surface area contributed by atoms with E-state index in [1.165, 1.54) is 0 Å². The lowest BCUT2D eigenvalue weighted by Gasteiger charge is -2.27. The van der Waals surface area contributed by atoms with Crippen LogP contribution in [0.25, 0.3) is 0 Å². The van der Waals surface area contributed by atoms with Crippen molar-refractivity contribution in [3.8, 4) is 0 Å². The molecule has 0 unspecified atom stereocenters. The van der Waals surface area contributed by atoms with E-state index >= 15 is 0 Å². The van der Waals surface area contributed by atoms with E-state index in [1.807, 2.05) is 43.5 Å². The Bertz CT molecular complexity index is 819. The summed E-state index contributed by atoms with van der Waals surface area (Å²) in [6, 6.07) is 15.3. The van der Waals surface area contributed by atoms with E-state index in [0.717, 1.165) is 10.5 Å². The van der Waals surface area contributed by atoms with Gasteiger partial charge >= 0.3 is 0 Å². The van der Waals surface area contributed by atoms with Gasteiger partial charge in [0.15, 0.2) is 0 Å². The van der Waals surface area contributed by atoms with Crippen molar-refractivity contribution in [2.75, 3.05) is 12.0 Å². The van der Waals surface area contributed by atoms with E-state index in [4.69, 9.17) is 0 Å². The molecule has 0 aliphatic carbocycles. The second kappa shape index (κ2) is 8.39. The summed E-state index contributed by atoms with van der Waals surface area (Å²) in [5.74, 6) is -0.436. The summed E-state index contributed by atoms with van der Waals surface area (Å²) in [5.41, 5.74) is 1.69. The Balaban J connectivity index is 1.83. The number of fused-ring (bicyclic) bond motifs is 1. The summed E-state index contributed by atoms with van der Waals surface area (Å²) in [7, 11) is 0. The van der Waals surface area contributed by atoms with E-state index in [-0.39, 0.29) is 11.9 Å². The van der Waals surface area contributed by atoms with Gasteiger partial charge in [-0.05, 0) is 43.0 Å². The number of nitrogens with one attached hydrogen (secondary N) is 1. The fourth-order valence-electron chi connectivity index (χ4n) is 3.23. The van der Waals surface area contributed by atoms with Crippen molar-refractivity contribution in [1.29, 1.82) is 0 Å². The van der Waals surface area contributed by atoms with Gasteiger partial charge in [0.25, 0.3) is 11.8 Å². The Morgan fingerprint density at radius 3 is 2.11 bits per heavy atom. The van der Waals surface area contributed by atoms with Crippen molar-refractivity contribution in [2.45, 2.75) is 25.4 Å². The van der Waals surface area contributed by atoms with Gasteiger partial charge in [-0.1, -0.05) is 42.5 Å². The van der Waals surface area contributed by atoms with Crippen molar-refractivity contribution < 1.29 is 14.4 Å². The molecule has 2 aromatic rings. The highest BCUT2D eigenvalue weighted by atomic mass is 32.2. The van der Waals surface area contributed by atoms with E-state index in [2.05, 4.69) is 5.32 Å². The molecule has 2 aromatic carbocycles. The average molecular weight is 382 g/mol. The van der Waals surface area contributed by atoms with Crippen molar-refractivity contribution >= 4 is 29.5 Å². The molecule has 5 nitrogen and oxygen atoms in total. The molecule has 140 valence electrons. The molecule has 3 rings (SSSR count). The third-order valence-electron chi connectivity index (χ3n) is 4.69. The molecular formula is C21H22N2O3S. The Kier molecular flexibility index (Phi) is 5.96. The lowest BCUT2D eigenvalue weighted by atomic mass is 10.1. The Morgan fingerprint density at radius 1 is 1.00 bits per heavy atom. The fourth-order valence-corrected chi connectivity index (χ4v) is 3.69. The number of rotatable bonds is 7. The molecule has 3 amide bonds. The Labute approximate surface area is 163 Å². The molecule has 6 heteroatoms. The number of amides is 3. The average Bonchev–Trinajstić information content (AvgIpc) is 2.94. The maximum Gasteiger partial charge on any atom is 0.262 e. The Morgan fingerprint density at radius 2 is 1.56 bits per heavy atom.